The minimum Gasteiger partial charge on any atom is -0.377 e. The lowest BCUT2D eigenvalue weighted by atomic mass is 9.57. The lowest BCUT2D eigenvalue weighted by molar-refractivity contribution is -0.127. The molecule has 0 spiro atoms. The van der Waals surface area contributed by atoms with Crippen LogP contribution in [0.2, 0.25) is 5.02 Å². The molecule has 3 unspecified atom stereocenters. The van der Waals surface area contributed by atoms with Crippen LogP contribution >= 0.6 is 23.4 Å². The van der Waals surface area contributed by atoms with Crippen LogP contribution in [0, 0.1) is 11.3 Å². The summed E-state index contributed by atoms with van der Waals surface area (Å²) in [4.78, 5) is 19.3. The summed E-state index contributed by atoms with van der Waals surface area (Å²) >= 11 is 7.70. The zero-order valence-corrected chi connectivity index (χ0v) is 19.1. The number of rotatable bonds is 7. The van der Waals surface area contributed by atoms with E-state index in [9.17, 15) is 4.79 Å². The molecule has 0 bridgehead atoms. The third kappa shape index (κ3) is 5.38. The van der Waals surface area contributed by atoms with Gasteiger partial charge in [0.2, 0.25) is 5.91 Å². The van der Waals surface area contributed by atoms with Crippen LogP contribution in [0.25, 0.3) is 0 Å². The number of carbonyl (C=O) groups is 1. The molecule has 1 aliphatic carbocycles. The summed E-state index contributed by atoms with van der Waals surface area (Å²) in [5, 5.41) is 7.71. The Morgan fingerprint density at radius 2 is 2.07 bits per heavy atom. The maximum absolute atomic E-state index is 12.0. The molecule has 1 amide bonds. The number of halogens is 1. The van der Waals surface area contributed by atoms with Gasteiger partial charge < -0.3 is 20.3 Å². The standard InChI is InChI=1S/C21H31ClN4O2S/c1-21(2)18(16-9-11-28-19(16)21)25-20(24-13-17(27)26(3)4)23-10-12-29-15-7-5-14(22)6-8-15/h5-8,16,18-19H,9-13H2,1-4H3,(H2,23,24,25). The Bertz CT molecular complexity index is 739. The van der Waals surface area contributed by atoms with Crippen LogP contribution in [-0.2, 0) is 9.53 Å². The van der Waals surface area contributed by atoms with E-state index in [4.69, 9.17) is 16.3 Å². The normalized spacial score (nSPS) is 25.1. The quantitative estimate of drug-likeness (QED) is 0.296. The molecule has 2 fully saturated rings. The highest BCUT2D eigenvalue weighted by Gasteiger charge is 2.59. The Balaban J connectivity index is 1.56. The minimum absolute atomic E-state index is 0.0171. The van der Waals surface area contributed by atoms with E-state index in [1.807, 2.05) is 24.3 Å². The molecule has 0 aromatic heterocycles. The predicted octanol–water partition coefficient (Wildman–Crippen LogP) is 2.87. The van der Waals surface area contributed by atoms with E-state index in [0.717, 1.165) is 30.3 Å². The molecule has 2 aliphatic rings. The van der Waals surface area contributed by atoms with E-state index in [1.165, 1.54) is 4.90 Å². The van der Waals surface area contributed by atoms with Crippen molar-refractivity contribution in [1.29, 1.82) is 0 Å². The maximum Gasteiger partial charge on any atom is 0.243 e. The number of hydrogen-bond acceptors (Lipinski definition) is 4. The Kier molecular flexibility index (Phi) is 7.35. The van der Waals surface area contributed by atoms with Crippen LogP contribution in [0.4, 0.5) is 0 Å². The lowest BCUT2D eigenvalue weighted by Gasteiger charge is -2.54. The Morgan fingerprint density at radius 1 is 1.34 bits per heavy atom. The number of nitrogens with one attached hydrogen (secondary N) is 2. The summed E-state index contributed by atoms with van der Waals surface area (Å²) in [6.07, 6.45) is 1.38. The van der Waals surface area contributed by atoms with Gasteiger partial charge in [-0.3, -0.25) is 4.79 Å². The molecule has 1 aliphatic heterocycles. The molecule has 6 nitrogen and oxygen atoms in total. The van der Waals surface area contributed by atoms with Gasteiger partial charge in [-0.2, -0.15) is 0 Å². The summed E-state index contributed by atoms with van der Waals surface area (Å²) < 4.78 is 5.89. The van der Waals surface area contributed by atoms with Crippen molar-refractivity contribution in [3.63, 3.8) is 0 Å². The third-order valence-electron chi connectivity index (χ3n) is 5.74. The molecule has 3 rings (SSSR count). The van der Waals surface area contributed by atoms with Crippen LogP contribution in [0.5, 0.6) is 0 Å². The van der Waals surface area contributed by atoms with E-state index >= 15 is 0 Å². The average Bonchev–Trinajstić information content (AvgIpc) is 3.14. The molecule has 1 aromatic carbocycles. The largest absolute Gasteiger partial charge is 0.377 e. The zero-order valence-electron chi connectivity index (χ0n) is 17.6. The number of aliphatic imine (C=N–C) groups is 1. The zero-order chi connectivity index (χ0) is 21.0. The Labute approximate surface area is 182 Å². The third-order valence-corrected chi connectivity index (χ3v) is 7.01. The number of likely N-dealkylation sites (N-methyl/N-ethyl adjacent to an activating group) is 1. The summed E-state index contributed by atoms with van der Waals surface area (Å²) in [6, 6.07) is 8.13. The molecule has 1 saturated carbocycles. The number of ether oxygens (including phenoxy) is 1. The van der Waals surface area contributed by atoms with Gasteiger partial charge in [-0.25, -0.2) is 4.99 Å². The number of guanidine groups is 1. The molecular formula is C21H31ClN4O2S. The monoisotopic (exact) mass is 438 g/mol. The van der Waals surface area contributed by atoms with Crippen molar-refractivity contribution < 1.29 is 9.53 Å². The van der Waals surface area contributed by atoms with E-state index in [0.29, 0.717) is 24.0 Å². The highest BCUT2D eigenvalue weighted by Crippen LogP contribution is 2.52. The molecule has 2 N–H and O–H groups in total. The molecule has 1 heterocycles. The van der Waals surface area contributed by atoms with Crippen molar-refractivity contribution in [2.75, 3.05) is 39.5 Å². The molecule has 160 valence electrons. The molecule has 8 heteroatoms. The number of fused-ring (bicyclic) bond motifs is 1. The Hall–Kier alpha value is -1.44. The summed E-state index contributed by atoms with van der Waals surface area (Å²) in [7, 11) is 3.49. The first kappa shape index (κ1) is 22.2. The second kappa shape index (κ2) is 9.58. The smallest absolute Gasteiger partial charge is 0.243 e. The van der Waals surface area contributed by atoms with Gasteiger partial charge in [0, 0.05) is 60.3 Å². The second-order valence-corrected chi connectivity index (χ2v) is 9.97. The number of nitrogens with zero attached hydrogens (tertiary/aromatic N) is 2. The van der Waals surface area contributed by atoms with Gasteiger partial charge in [-0.1, -0.05) is 25.4 Å². The van der Waals surface area contributed by atoms with Crippen molar-refractivity contribution >= 4 is 35.2 Å². The average molecular weight is 439 g/mol. The molecule has 29 heavy (non-hydrogen) atoms. The molecule has 3 atom stereocenters. The molecule has 0 radical (unpaired) electrons. The maximum atomic E-state index is 12.0. The van der Waals surface area contributed by atoms with Gasteiger partial charge in [0.15, 0.2) is 5.96 Å². The van der Waals surface area contributed by atoms with Crippen molar-refractivity contribution in [3.8, 4) is 0 Å². The number of benzene rings is 1. The SMILES string of the molecule is CN(C)C(=O)CN=C(NCCSc1ccc(Cl)cc1)NC1C2CCOC2C1(C)C. The van der Waals surface area contributed by atoms with Gasteiger partial charge in [0.05, 0.1) is 6.10 Å². The van der Waals surface area contributed by atoms with Gasteiger partial charge >= 0.3 is 0 Å². The van der Waals surface area contributed by atoms with Crippen molar-refractivity contribution in [1.82, 2.24) is 15.5 Å². The summed E-state index contributed by atoms with van der Waals surface area (Å²) in [6.45, 7) is 6.16. The van der Waals surface area contributed by atoms with Crippen molar-refractivity contribution in [3.05, 3.63) is 29.3 Å². The van der Waals surface area contributed by atoms with E-state index < -0.39 is 0 Å². The van der Waals surface area contributed by atoms with Gasteiger partial charge in [0.1, 0.15) is 6.54 Å². The lowest BCUT2D eigenvalue weighted by Crippen LogP contribution is -2.68. The summed E-state index contributed by atoms with van der Waals surface area (Å²) in [5.41, 5.74) is 0.0488. The fourth-order valence-corrected chi connectivity index (χ4v) is 4.97. The second-order valence-electron chi connectivity index (χ2n) is 8.37. The molecule has 1 saturated heterocycles. The fraction of sp³-hybridized carbons (Fsp3) is 0.619. The molecular weight excluding hydrogens is 408 g/mol. The number of amides is 1. The number of carbonyl (C=O) groups excluding carboxylic acids is 1. The van der Waals surface area contributed by atoms with Crippen molar-refractivity contribution in [2.24, 2.45) is 16.3 Å². The first-order chi connectivity index (χ1) is 13.8. The van der Waals surface area contributed by atoms with Crippen LogP contribution in [0.1, 0.15) is 20.3 Å². The predicted molar refractivity (Wildman–Crippen MR) is 120 cm³/mol. The van der Waals surface area contributed by atoms with Crippen LogP contribution in [-0.4, -0.2) is 68.5 Å². The molecule has 1 aromatic rings. The number of thioether (sulfide) groups is 1. The fourth-order valence-electron chi connectivity index (χ4n) is 4.07. The number of hydrogen-bond donors (Lipinski definition) is 2. The highest BCUT2D eigenvalue weighted by molar-refractivity contribution is 7.99. The minimum atomic E-state index is -0.0171. The summed E-state index contributed by atoms with van der Waals surface area (Å²) in [5.74, 6) is 2.06. The van der Waals surface area contributed by atoms with Crippen molar-refractivity contribution in [2.45, 2.75) is 37.3 Å². The van der Waals surface area contributed by atoms with Gasteiger partial charge in [-0.15, -0.1) is 11.8 Å². The van der Waals surface area contributed by atoms with Gasteiger partial charge in [0.25, 0.3) is 0 Å². The first-order valence-corrected chi connectivity index (χ1v) is 11.4. The van der Waals surface area contributed by atoms with Crippen LogP contribution in [0.15, 0.2) is 34.2 Å². The van der Waals surface area contributed by atoms with Crippen LogP contribution in [0.3, 0.4) is 0 Å². The Morgan fingerprint density at radius 3 is 2.76 bits per heavy atom. The van der Waals surface area contributed by atoms with E-state index in [-0.39, 0.29) is 17.9 Å². The highest BCUT2D eigenvalue weighted by atomic mass is 35.5. The van der Waals surface area contributed by atoms with Crippen LogP contribution < -0.4 is 10.6 Å². The van der Waals surface area contributed by atoms with E-state index in [2.05, 4.69) is 29.5 Å². The van der Waals surface area contributed by atoms with E-state index in [1.54, 1.807) is 30.8 Å². The first-order valence-electron chi connectivity index (χ1n) is 10.0. The topological polar surface area (TPSA) is 66.0 Å². The van der Waals surface area contributed by atoms with Gasteiger partial charge in [-0.05, 0) is 30.7 Å².